The molecule has 1 aliphatic heterocycles. The summed E-state index contributed by atoms with van der Waals surface area (Å²) in [5, 5.41) is 0. The van der Waals surface area contributed by atoms with Crippen molar-refractivity contribution in [1.82, 2.24) is 0 Å². The molecule has 0 saturated carbocycles. The second-order valence-corrected chi connectivity index (χ2v) is 2.59. The molecular weight excluding hydrogens is 140 g/mol. The fourth-order valence-corrected chi connectivity index (χ4v) is 0.955. The Bertz CT molecular complexity index is 224. The van der Waals surface area contributed by atoms with Crippen LogP contribution in [0.2, 0.25) is 0 Å². The summed E-state index contributed by atoms with van der Waals surface area (Å²) in [5.41, 5.74) is 0.698. The highest BCUT2D eigenvalue weighted by Gasteiger charge is 2.16. The van der Waals surface area contributed by atoms with Crippen molar-refractivity contribution in [2.24, 2.45) is 0 Å². The zero-order valence-electron chi connectivity index (χ0n) is 6.89. The number of rotatable bonds is 2. The Balaban J connectivity index is 2.65. The van der Waals surface area contributed by atoms with E-state index in [4.69, 9.17) is 4.74 Å². The first kappa shape index (κ1) is 8.05. The van der Waals surface area contributed by atoms with Crippen molar-refractivity contribution < 1.29 is 9.53 Å². The maximum Gasteiger partial charge on any atom is 0.342 e. The first-order valence-corrected chi connectivity index (χ1v) is 3.84. The van der Waals surface area contributed by atoms with E-state index in [1.807, 2.05) is 6.08 Å². The molecule has 60 valence electrons. The van der Waals surface area contributed by atoms with Gasteiger partial charge in [0.2, 0.25) is 0 Å². The van der Waals surface area contributed by atoms with Crippen LogP contribution < -0.4 is 0 Å². The van der Waals surface area contributed by atoms with E-state index in [0.29, 0.717) is 11.3 Å². The van der Waals surface area contributed by atoms with Crippen LogP contribution in [-0.4, -0.2) is 5.97 Å². The van der Waals surface area contributed by atoms with Crippen molar-refractivity contribution in [1.29, 1.82) is 0 Å². The van der Waals surface area contributed by atoms with Crippen LogP contribution in [0.5, 0.6) is 0 Å². The monoisotopic (exact) mass is 152 g/mol. The van der Waals surface area contributed by atoms with Gasteiger partial charge in [0.1, 0.15) is 5.76 Å². The Morgan fingerprint density at radius 3 is 2.82 bits per heavy atom. The first-order valence-electron chi connectivity index (χ1n) is 3.84. The third kappa shape index (κ3) is 1.93. The van der Waals surface area contributed by atoms with Crippen LogP contribution in [0, 0.1) is 0 Å². The van der Waals surface area contributed by atoms with Crippen LogP contribution in [0.1, 0.15) is 26.7 Å². The van der Waals surface area contributed by atoms with Crippen molar-refractivity contribution in [3.05, 3.63) is 23.5 Å². The largest absolute Gasteiger partial charge is 0.428 e. The standard InChI is InChI=1S/C9H12O2/c1-3-4-5-8-6-7(2)11-9(8)10/h5-6H,3-4H2,1-2H3/b8-5+. The Morgan fingerprint density at radius 1 is 1.64 bits per heavy atom. The average molecular weight is 152 g/mol. The molecular formula is C9H12O2. The third-order valence-electron chi connectivity index (χ3n) is 1.50. The minimum atomic E-state index is -0.212. The van der Waals surface area contributed by atoms with Crippen LogP contribution >= 0.6 is 0 Å². The van der Waals surface area contributed by atoms with Crippen molar-refractivity contribution >= 4 is 5.97 Å². The van der Waals surface area contributed by atoms with E-state index in [9.17, 15) is 4.79 Å². The highest BCUT2D eigenvalue weighted by Crippen LogP contribution is 2.16. The lowest BCUT2D eigenvalue weighted by Crippen LogP contribution is -1.95. The molecule has 2 heteroatoms. The van der Waals surface area contributed by atoms with Crippen LogP contribution in [0.4, 0.5) is 0 Å². The van der Waals surface area contributed by atoms with Gasteiger partial charge in [0.25, 0.3) is 0 Å². The molecule has 0 atom stereocenters. The molecule has 0 aromatic carbocycles. The zero-order chi connectivity index (χ0) is 8.27. The molecule has 0 fully saturated rings. The van der Waals surface area contributed by atoms with Crippen LogP contribution in [-0.2, 0) is 9.53 Å². The molecule has 0 amide bonds. The van der Waals surface area contributed by atoms with Crippen molar-refractivity contribution in [3.63, 3.8) is 0 Å². The topological polar surface area (TPSA) is 26.3 Å². The van der Waals surface area contributed by atoms with Crippen molar-refractivity contribution in [3.8, 4) is 0 Å². The minimum Gasteiger partial charge on any atom is -0.428 e. The van der Waals surface area contributed by atoms with Gasteiger partial charge in [-0.25, -0.2) is 4.79 Å². The van der Waals surface area contributed by atoms with E-state index in [1.165, 1.54) is 0 Å². The quantitative estimate of drug-likeness (QED) is 0.447. The zero-order valence-corrected chi connectivity index (χ0v) is 6.89. The second kappa shape index (κ2) is 3.37. The van der Waals surface area contributed by atoms with Gasteiger partial charge in [-0.2, -0.15) is 0 Å². The van der Waals surface area contributed by atoms with Crippen LogP contribution in [0.15, 0.2) is 23.5 Å². The molecule has 0 spiro atoms. The van der Waals surface area contributed by atoms with Crippen LogP contribution in [0.3, 0.4) is 0 Å². The molecule has 0 aliphatic carbocycles. The van der Waals surface area contributed by atoms with E-state index in [2.05, 4.69) is 6.92 Å². The predicted octanol–water partition coefficient (Wildman–Crippen LogP) is 2.17. The van der Waals surface area contributed by atoms with Gasteiger partial charge in [-0.3, -0.25) is 0 Å². The van der Waals surface area contributed by atoms with Gasteiger partial charge >= 0.3 is 5.97 Å². The lowest BCUT2D eigenvalue weighted by Gasteiger charge is -1.91. The van der Waals surface area contributed by atoms with Crippen molar-refractivity contribution in [2.45, 2.75) is 26.7 Å². The van der Waals surface area contributed by atoms with E-state index < -0.39 is 0 Å². The highest BCUT2D eigenvalue weighted by atomic mass is 16.5. The van der Waals surface area contributed by atoms with Crippen LogP contribution in [0.25, 0.3) is 0 Å². The number of cyclic esters (lactones) is 1. The van der Waals surface area contributed by atoms with Gasteiger partial charge in [-0.05, 0) is 19.4 Å². The molecule has 0 aromatic heterocycles. The maximum atomic E-state index is 10.9. The molecule has 0 N–H and O–H groups in total. The summed E-state index contributed by atoms with van der Waals surface area (Å²) in [6.07, 6.45) is 5.69. The van der Waals surface area contributed by atoms with E-state index in [-0.39, 0.29) is 5.97 Å². The lowest BCUT2D eigenvalue weighted by molar-refractivity contribution is -0.133. The normalized spacial score (nSPS) is 20.4. The number of esters is 1. The van der Waals surface area contributed by atoms with Gasteiger partial charge in [0.15, 0.2) is 0 Å². The fourth-order valence-electron chi connectivity index (χ4n) is 0.955. The molecule has 0 aromatic rings. The summed E-state index contributed by atoms with van der Waals surface area (Å²) in [6, 6.07) is 0. The number of allylic oxidation sites excluding steroid dienone is 2. The Kier molecular flexibility index (Phi) is 2.47. The number of ether oxygens (including phenoxy) is 1. The first-order chi connectivity index (χ1) is 5.24. The Morgan fingerprint density at radius 2 is 2.36 bits per heavy atom. The van der Waals surface area contributed by atoms with Gasteiger partial charge in [0.05, 0.1) is 5.57 Å². The third-order valence-corrected chi connectivity index (χ3v) is 1.50. The molecule has 0 unspecified atom stereocenters. The lowest BCUT2D eigenvalue weighted by atomic mass is 10.2. The summed E-state index contributed by atoms with van der Waals surface area (Å²) in [5.74, 6) is 0.480. The minimum absolute atomic E-state index is 0.212. The molecule has 0 bridgehead atoms. The second-order valence-electron chi connectivity index (χ2n) is 2.59. The number of hydrogen-bond donors (Lipinski definition) is 0. The molecule has 11 heavy (non-hydrogen) atoms. The SMILES string of the molecule is CCC/C=C1\C=C(C)OC1=O. The smallest absolute Gasteiger partial charge is 0.342 e. The molecule has 1 heterocycles. The van der Waals surface area contributed by atoms with E-state index in [1.54, 1.807) is 13.0 Å². The predicted molar refractivity (Wildman–Crippen MR) is 42.8 cm³/mol. The summed E-state index contributed by atoms with van der Waals surface area (Å²) in [4.78, 5) is 10.9. The Labute approximate surface area is 66.5 Å². The summed E-state index contributed by atoms with van der Waals surface area (Å²) >= 11 is 0. The number of carbonyl (C=O) groups excluding carboxylic acids is 1. The van der Waals surface area contributed by atoms with E-state index >= 15 is 0 Å². The average Bonchev–Trinajstić information content (AvgIpc) is 2.26. The molecule has 1 aliphatic rings. The molecule has 0 saturated heterocycles. The highest BCUT2D eigenvalue weighted by molar-refractivity contribution is 5.94. The molecule has 1 rings (SSSR count). The summed E-state index contributed by atoms with van der Waals surface area (Å²) < 4.78 is 4.82. The van der Waals surface area contributed by atoms with E-state index in [0.717, 1.165) is 12.8 Å². The van der Waals surface area contributed by atoms with Gasteiger partial charge < -0.3 is 4.74 Å². The number of unbranched alkanes of at least 4 members (excludes halogenated alkanes) is 1. The number of hydrogen-bond acceptors (Lipinski definition) is 2. The summed E-state index contributed by atoms with van der Waals surface area (Å²) in [6.45, 7) is 3.86. The Hall–Kier alpha value is -1.05. The fraction of sp³-hybridized carbons (Fsp3) is 0.444. The number of carbonyl (C=O) groups is 1. The maximum absolute atomic E-state index is 10.9. The van der Waals surface area contributed by atoms with Gasteiger partial charge in [-0.15, -0.1) is 0 Å². The molecule has 0 radical (unpaired) electrons. The summed E-state index contributed by atoms with van der Waals surface area (Å²) in [7, 11) is 0. The van der Waals surface area contributed by atoms with Gasteiger partial charge in [0, 0.05) is 0 Å². The molecule has 2 nitrogen and oxygen atoms in total. The van der Waals surface area contributed by atoms with Crippen molar-refractivity contribution in [2.75, 3.05) is 0 Å². The van der Waals surface area contributed by atoms with Gasteiger partial charge in [-0.1, -0.05) is 19.4 Å².